The Bertz CT molecular complexity index is 1080. The molecule has 152 valence electrons. The number of amides is 1. The van der Waals surface area contributed by atoms with Crippen LogP contribution in [0.25, 0.3) is 11.0 Å². The van der Waals surface area contributed by atoms with Crippen molar-refractivity contribution < 1.29 is 19.0 Å². The fourth-order valence-corrected chi connectivity index (χ4v) is 3.02. The Kier molecular flexibility index (Phi) is 5.96. The quantitative estimate of drug-likeness (QED) is 0.644. The van der Waals surface area contributed by atoms with E-state index >= 15 is 0 Å². The molecule has 1 N–H and O–H groups in total. The Morgan fingerprint density at radius 2 is 1.83 bits per heavy atom. The predicted molar refractivity (Wildman–Crippen MR) is 107 cm³/mol. The Morgan fingerprint density at radius 3 is 2.45 bits per heavy atom. The number of pyridine rings is 1. The van der Waals surface area contributed by atoms with Crippen molar-refractivity contribution in [2.45, 2.75) is 13.5 Å². The summed E-state index contributed by atoms with van der Waals surface area (Å²) in [6.07, 6.45) is 1.59. The molecule has 0 aliphatic heterocycles. The zero-order chi connectivity index (χ0) is 21.0. The highest BCUT2D eigenvalue weighted by molar-refractivity contribution is 5.95. The number of carbonyl (C=O) groups excluding carboxylic acids is 1. The van der Waals surface area contributed by atoms with Crippen molar-refractivity contribution in [3.8, 4) is 17.2 Å². The third kappa shape index (κ3) is 3.98. The van der Waals surface area contributed by atoms with Crippen LogP contribution < -0.4 is 25.1 Å². The number of benzene rings is 1. The van der Waals surface area contributed by atoms with Crippen LogP contribution >= 0.6 is 0 Å². The first-order valence-electron chi connectivity index (χ1n) is 8.90. The van der Waals surface area contributed by atoms with Gasteiger partial charge in [-0.3, -0.25) is 14.2 Å². The molecule has 2 aromatic heterocycles. The summed E-state index contributed by atoms with van der Waals surface area (Å²) in [7, 11) is 4.46. The fourth-order valence-electron chi connectivity index (χ4n) is 3.02. The summed E-state index contributed by atoms with van der Waals surface area (Å²) in [4.78, 5) is 33.7. The lowest BCUT2D eigenvalue weighted by Crippen LogP contribution is -2.32. The van der Waals surface area contributed by atoms with Crippen LogP contribution in [-0.2, 0) is 6.54 Å². The van der Waals surface area contributed by atoms with Crippen LogP contribution in [0.5, 0.6) is 17.2 Å². The van der Waals surface area contributed by atoms with Gasteiger partial charge in [0.2, 0.25) is 5.75 Å². The topological polar surface area (TPSA) is 105 Å². The van der Waals surface area contributed by atoms with Crippen LogP contribution in [-0.4, -0.2) is 48.3 Å². The van der Waals surface area contributed by atoms with Gasteiger partial charge in [-0.05, 0) is 31.2 Å². The zero-order valence-corrected chi connectivity index (χ0v) is 16.7. The number of carbonyl (C=O) groups is 1. The smallest absolute Gasteiger partial charge is 0.263 e. The summed E-state index contributed by atoms with van der Waals surface area (Å²) in [5, 5.41) is 3.23. The number of rotatable bonds is 7. The van der Waals surface area contributed by atoms with Gasteiger partial charge in [0, 0.05) is 24.8 Å². The molecular weight excluding hydrogens is 376 g/mol. The summed E-state index contributed by atoms with van der Waals surface area (Å²) in [6.45, 7) is 2.25. The Labute approximate surface area is 167 Å². The van der Waals surface area contributed by atoms with E-state index in [2.05, 4.69) is 15.3 Å². The number of hydrogen-bond acceptors (Lipinski definition) is 7. The summed E-state index contributed by atoms with van der Waals surface area (Å²) in [5.74, 6) is 1.38. The van der Waals surface area contributed by atoms with Crippen LogP contribution in [0.3, 0.4) is 0 Å². The van der Waals surface area contributed by atoms with Gasteiger partial charge in [-0.2, -0.15) is 0 Å². The van der Waals surface area contributed by atoms with Gasteiger partial charge in [0.05, 0.1) is 26.7 Å². The molecule has 3 aromatic rings. The first kappa shape index (κ1) is 20.1. The van der Waals surface area contributed by atoms with Gasteiger partial charge in [0.25, 0.3) is 11.5 Å². The van der Waals surface area contributed by atoms with E-state index in [4.69, 9.17) is 14.2 Å². The van der Waals surface area contributed by atoms with E-state index < -0.39 is 0 Å². The molecule has 0 saturated carbocycles. The van der Waals surface area contributed by atoms with E-state index in [1.54, 1.807) is 37.4 Å². The van der Waals surface area contributed by atoms with Gasteiger partial charge in [-0.25, -0.2) is 9.97 Å². The molecule has 0 spiro atoms. The molecule has 0 saturated heterocycles. The number of hydrogen-bond donors (Lipinski definition) is 1. The lowest BCUT2D eigenvalue weighted by molar-refractivity contribution is 0.0951. The molecule has 1 amide bonds. The predicted octanol–water partition coefficient (Wildman–Crippen LogP) is 1.56. The third-order valence-corrected chi connectivity index (χ3v) is 4.47. The molecule has 29 heavy (non-hydrogen) atoms. The van der Waals surface area contributed by atoms with Gasteiger partial charge in [-0.1, -0.05) is 0 Å². The third-order valence-electron chi connectivity index (χ3n) is 4.47. The molecule has 0 bridgehead atoms. The van der Waals surface area contributed by atoms with Crippen LogP contribution in [0, 0.1) is 6.92 Å². The average molecular weight is 398 g/mol. The molecule has 0 atom stereocenters. The molecule has 9 heteroatoms. The van der Waals surface area contributed by atoms with E-state index in [1.807, 2.05) is 0 Å². The highest BCUT2D eigenvalue weighted by Gasteiger charge is 2.17. The minimum Gasteiger partial charge on any atom is -0.493 e. The van der Waals surface area contributed by atoms with Crippen LogP contribution in [0.2, 0.25) is 0 Å². The maximum absolute atomic E-state index is 12.7. The van der Waals surface area contributed by atoms with Gasteiger partial charge in [0.15, 0.2) is 17.1 Å². The number of aryl methyl sites for hydroxylation is 1. The fraction of sp³-hybridized carbons (Fsp3) is 0.300. The maximum Gasteiger partial charge on any atom is 0.263 e. The monoisotopic (exact) mass is 398 g/mol. The minimum absolute atomic E-state index is 0.192. The molecule has 1 aromatic carbocycles. The van der Waals surface area contributed by atoms with E-state index in [1.165, 1.54) is 25.9 Å². The average Bonchev–Trinajstić information content (AvgIpc) is 2.74. The molecule has 0 unspecified atom stereocenters. The molecule has 0 aliphatic rings. The van der Waals surface area contributed by atoms with Crippen molar-refractivity contribution in [1.82, 2.24) is 19.9 Å². The molecule has 2 heterocycles. The number of aromatic nitrogens is 3. The van der Waals surface area contributed by atoms with Gasteiger partial charge in [-0.15, -0.1) is 0 Å². The largest absolute Gasteiger partial charge is 0.493 e. The van der Waals surface area contributed by atoms with Crippen LogP contribution in [0.15, 0.2) is 35.3 Å². The number of fused-ring (bicyclic) bond motifs is 1. The Hall–Kier alpha value is -3.62. The van der Waals surface area contributed by atoms with Crippen molar-refractivity contribution in [2.24, 2.45) is 0 Å². The molecule has 0 fully saturated rings. The van der Waals surface area contributed by atoms with Crippen molar-refractivity contribution >= 4 is 16.9 Å². The van der Waals surface area contributed by atoms with Gasteiger partial charge < -0.3 is 19.5 Å². The number of nitrogens with zero attached hydrogens (tertiary/aromatic N) is 3. The summed E-state index contributed by atoms with van der Waals surface area (Å²) >= 11 is 0. The first-order valence-corrected chi connectivity index (χ1v) is 8.90. The molecule has 9 nitrogen and oxygen atoms in total. The van der Waals surface area contributed by atoms with E-state index in [-0.39, 0.29) is 24.6 Å². The second kappa shape index (κ2) is 8.59. The summed E-state index contributed by atoms with van der Waals surface area (Å²) in [6, 6.07) is 6.51. The van der Waals surface area contributed by atoms with E-state index in [0.717, 1.165) is 0 Å². The van der Waals surface area contributed by atoms with Gasteiger partial charge >= 0.3 is 0 Å². The lowest BCUT2D eigenvalue weighted by atomic mass is 10.1. The summed E-state index contributed by atoms with van der Waals surface area (Å²) < 4.78 is 17.3. The van der Waals surface area contributed by atoms with E-state index in [0.29, 0.717) is 39.7 Å². The van der Waals surface area contributed by atoms with Crippen molar-refractivity contribution in [2.75, 3.05) is 27.9 Å². The first-order chi connectivity index (χ1) is 14.0. The van der Waals surface area contributed by atoms with Crippen molar-refractivity contribution in [3.63, 3.8) is 0 Å². The maximum atomic E-state index is 12.7. The number of nitrogens with one attached hydrogen (secondary N) is 1. The minimum atomic E-state index is -0.328. The second-order valence-corrected chi connectivity index (χ2v) is 6.16. The van der Waals surface area contributed by atoms with E-state index in [9.17, 15) is 9.59 Å². The molecule has 3 rings (SSSR count). The highest BCUT2D eigenvalue weighted by atomic mass is 16.5. The van der Waals surface area contributed by atoms with Crippen LogP contribution in [0.4, 0.5) is 0 Å². The zero-order valence-electron chi connectivity index (χ0n) is 16.7. The van der Waals surface area contributed by atoms with Crippen molar-refractivity contribution in [1.29, 1.82) is 0 Å². The SMILES string of the molecule is COc1cc(C(=O)NCCn2c(C)nc3ncccc3c2=O)cc(OC)c1OC. The molecule has 0 aliphatic carbocycles. The molecule has 0 radical (unpaired) electrons. The second-order valence-electron chi connectivity index (χ2n) is 6.16. The lowest BCUT2D eigenvalue weighted by Gasteiger charge is -2.14. The molecular formula is C20H22N4O5. The Morgan fingerprint density at radius 1 is 1.14 bits per heavy atom. The van der Waals surface area contributed by atoms with Gasteiger partial charge in [0.1, 0.15) is 5.82 Å². The number of ether oxygens (including phenoxy) is 3. The van der Waals surface area contributed by atoms with Crippen molar-refractivity contribution in [3.05, 3.63) is 52.2 Å². The van der Waals surface area contributed by atoms with Crippen LogP contribution in [0.1, 0.15) is 16.2 Å². The standard InChI is InChI=1S/C20H22N4O5/c1-12-23-18-14(6-5-7-21-18)20(26)24(12)9-8-22-19(25)13-10-15(27-2)17(29-4)16(11-13)28-3/h5-7,10-11H,8-9H2,1-4H3,(H,22,25). The number of methoxy groups -OCH3 is 3. The normalized spacial score (nSPS) is 10.6. The Balaban J connectivity index is 1.77. The highest BCUT2D eigenvalue weighted by Crippen LogP contribution is 2.38. The summed E-state index contributed by atoms with van der Waals surface area (Å²) in [5.41, 5.74) is 0.569.